The molecule has 5 atom stereocenters. The van der Waals surface area contributed by atoms with E-state index in [0.29, 0.717) is 0 Å². The van der Waals surface area contributed by atoms with Crippen LogP contribution in [0.25, 0.3) is 0 Å². The lowest BCUT2D eigenvalue weighted by Gasteiger charge is -2.36. The Morgan fingerprint density at radius 1 is 1.30 bits per heavy atom. The molecule has 1 spiro atoms. The molecule has 0 aliphatic carbocycles. The molecule has 2 N–H and O–H groups in total. The number of rotatable bonds is 3. The maximum atomic E-state index is 13.8. The molecule has 15 heteroatoms. The highest BCUT2D eigenvalue weighted by molar-refractivity contribution is 6.01. The topological polar surface area (TPSA) is 154 Å². The zero-order valence-corrected chi connectivity index (χ0v) is 22.2. The Balaban J connectivity index is 1.66. The molecule has 40 heavy (non-hydrogen) atoms. The van der Waals surface area contributed by atoms with Gasteiger partial charge in [-0.15, -0.1) is 0 Å². The Bertz CT molecular complexity index is 1260. The number of carbonyl (C=O) groups excluding carboxylic acids is 4. The predicted molar refractivity (Wildman–Crippen MR) is 130 cm³/mol. The summed E-state index contributed by atoms with van der Waals surface area (Å²) in [5.41, 5.74) is -2.64. The molecular formula is C25H29F3N6O6. The van der Waals surface area contributed by atoms with Gasteiger partial charge in [0.25, 0.3) is 5.91 Å². The third-order valence-electron chi connectivity index (χ3n) is 7.37. The second kappa shape index (κ2) is 10.1. The highest BCUT2D eigenvalue weighted by atomic mass is 19.4. The van der Waals surface area contributed by atoms with E-state index in [1.54, 1.807) is 32.9 Å². The van der Waals surface area contributed by atoms with Gasteiger partial charge in [0.15, 0.2) is 11.6 Å². The third-order valence-corrected chi connectivity index (χ3v) is 7.37. The first-order valence-corrected chi connectivity index (χ1v) is 12.5. The largest absolute Gasteiger partial charge is 0.472 e. The van der Waals surface area contributed by atoms with Crippen molar-refractivity contribution in [2.45, 2.75) is 63.5 Å². The Kier molecular flexibility index (Phi) is 7.33. The zero-order chi connectivity index (χ0) is 29.6. The highest BCUT2D eigenvalue weighted by Gasteiger charge is 2.59. The van der Waals surface area contributed by atoms with Crippen molar-refractivity contribution < 1.29 is 41.8 Å². The smallest absolute Gasteiger partial charge is 0.407 e. The van der Waals surface area contributed by atoms with Crippen molar-refractivity contribution in [3.63, 3.8) is 0 Å². The number of methoxy groups -OCH3 is 1. The minimum absolute atomic E-state index is 0.156. The molecular weight excluding hydrogens is 537 g/mol. The van der Waals surface area contributed by atoms with Crippen LogP contribution in [0.1, 0.15) is 33.6 Å². The summed E-state index contributed by atoms with van der Waals surface area (Å²) < 4.78 is 52.0. The summed E-state index contributed by atoms with van der Waals surface area (Å²) in [6.07, 6.45) is -5.24. The van der Waals surface area contributed by atoms with Crippen molar-refractivity contribution in [3.8, 4) is 11.8 Å². The number of aromatic nitrogens is 1. The lowest BCUT2D eigenvalue weighted by molar-refractivity contribution is -0.171. The van der Waals surface area contributed by atoms with Gasteiger partial charge < -0.3 is 29.9 Å². The standard InChI is InChI=1S/C25H29F3N6O6/c1-23(2,3)17(31-22(38)39-4)20(36)33-11-13(25(26,27)28)8-15(33)19(35)34-12-24(9-14(34)10-29)21(37)32-18-16(40-24)6-5-7-30-18/h5-7,13-15,17H,8-9,11-12H2,1-4H3,(H,31,38)(H,30,32,37)/t13-,14+,15+,17-,24-/m1/s1. The van der Waals surface area contributed by atoms with E-state index >= 15 is 0 Å². The number of likely N-dealkylation sites (tertiary alicyclic amines) is 2. The molecule has 1 aromatic rings. The molecule has 3 aliphatic rings. The molecule has 12 nitrogen and oxygen atoms in total. The first-order chi connectivity index (χ1) is 18.6. The number of hydrogen-bond donors (Lipinski definition) is 2. The van der Waals surface area contributed by atoms with Crippen LogP contribution in [0.2, 0.25) is 0 Å². The fourth-order valence-electron chi connectivity index (χ4n) is 5.24. The average Bonchev–Trinajstić information content (AvgIpc) is 3.49. The van der Waals surface area contributed by atoms with Crippen LogP contribution in [0.5, 0.6) is 5.75 Å². The van der Waals surface area contributed by atoms with E-state index in [0.717, 1.165) is 16.9 Å². The summed E-state index contributed by atoms with van der Waals surface area (Å²) in [6, 6.07) is 0.898. The van der Waals surface area contributed by atoms with Crippen LogP contribution < -0.4 is 15.4 Å². The molecule has 0 aromatic carbocycles. The molecule has 2 fully saturated rings. The van der Waals surface area contributed by atoms with Gasteiger partial charge >= 0.3 is 12.3 Å². The van der Waals surface area contributed by atoms with E-state index in [9.17, 15) is 37.6 Å². The van der Waals surface area contributed by atoms with Gasteiger partial charge in [0, 0.05) is 19.2 Å². The van der Waals surface area contributed by atoms with Gasteiger partial charge in [-0.25, -0.2) is 9.78 Å². The van der Waals surface area contributed by atoms with Gasteiger partial charge in [0.1, 0.15) is 18.1 Å². The maximum Gasteiger partial charge on any atom is 0.407 e. The van der Waals surface area contributed by atoms with E-state index in [1.165, 1.54) is 6.20 Å². The zero-order valence-electron chi connectivity index (χ0n) is 22.2. The number of halogens is 3. The van der Waals surface area contributed by atoms with Crippen LogP contribution in [0, 0.1) is 22.7 Å². The number of anilines is 1. The second-order valence-corrected chi connectivity index (χ2v) is 11.1. The molecule has 1 aromatic heterocycles. The van der Waals surface area contributed by atoms with Crippen molar-refractivity contribution in [3.05, 3.63) is 18.3 Å². The number of nitrogens with one attached hydrogen (secondary N) is 2. The first kappa shape index (κ1) is 28.9. The maximum absolute atomic E-state index is 13.8. The van der Waals surface area contributed by atoms with Gasteiger partial charge in [-0.05, 0) is 24.0 Å². The molecule has 2 saturated heterocycles. The monoisotopic (exact) mass is 566 g/mol. The SMILES string of the molecule is COC(=O)N[C@H](C(=O)N1C[C@H](C(F)(F)F)C[C@H]1C(=O)N1C[C@@]2(C[C@H]1C#N)Oc1cccnc1NC2=O)C(C)(C)C. The first-order valence-electron chi connectivity index (χ1n) is 12.5. The third kappa shape index (κ3) is 5.22. The van der Waals surface area contributed by atoms with E-state index in [1.807, 2.05) is 6.07 Å². The molecule has 216 valence electrons. The van der Waals surface area contributed by atoms with Crippen LogP contribution in [-0.2, 0) is 19.1 Å². The molecule has 4 amide bonds. The van der Waals surface area contributed by atoms with Crippen LogP contribution in [0.3, 0.4) is 0 Å². The lowest BCUT2D eigenvalue weighted by Crippen LogP contribution is -2.59. The Hall–Kier alpha value is -4.09. The summed E-state index contributed by atoms with van der Waals surface area (Å²) in [5.74, 6) is -4.14. The van der Waals surface area contributed by atoms with Crippen LogP contribution in [0.4, 0.5) is 23.8 Å². The number of alkyl halides is 3. The van der Waals surface area contributed by atoms with Crippen molar-refractivity contribution in [2.75, 3.05) is 25.5 Å². The van der Waals surface area contributed by atoms with E-state index in [4.69, 9.17) is 4.74 Å². The highest BCUT2D eigenvalue weighted by Crippen LogP contribution is 2.42. The number of ether oxygens (including phenoxy) is 2. The summed E-state index contributed by atoms with van der Waals surface area (Å²) in [7, 11) is 1.07. The second-order valence-electron chi connectivity index (χ2n) is 11.1. The number of amides is 4. The summed E-state index contributed by atoms with van der Waals surface area (Å²) in [6.45, 7) is 3.55. The minimum Gasteiger partial charge on any atom is -0.472 e. The van der Waals surface area contributed by atoms with Crippen LogP contribution >= 0.6 is 0 Å². The molecule has 0 bridgehead atoms. The number of nitrogens with zero attached hydrogens (tertiary/aromatic N) is 4. The Morgan fingerprint density at radius 2 is 2.00 bits per heavy atom. The van der Waals surface area contributed by atoms with Crippen LogP contribution in [-0.4, -0.2) is 88.7 Å². The summed E-state index contributed by atoms with van der Waals surface area (Å²) in [5, 5.41) is 14.8. The van der Waals surface area contributed by atoms with Gasteiger partial charge in [-0.2, -0.15) is 18.4 Å². The molecule has 0 saturated carbocycles. The quantitative estimate of drug-likeness (QED) is 0.562. The fraction of sp³-hybridized carbons (Fsp3) is 0.600. The van der Waals surface area contributed by atoms with Crippen LogP contribution in [0.15, 0.2) is 18.3 Å². The Morgan fingerprint density at radius 3 is 2.60 bits per heavy atom. The minimum atomic E-state index is -4.72. The van der Waals surface area contributed by atoms with Gasteiger partial charge in [0.2, 0.25) is 17.4 Å². The van der Waals surface area contributed by atoms with E-state index in [-0.39, 0.29) is 18.0 Å². The van der Waals surface area contributed by atoms with Gasteiger partial charge in [0.05, 0.1) is 25.6 Å². The number of pyridine rings is 1. The summed E-state index contributed by atoms with van der Waals surface area (Å²) in [4.78, 5) is 58.3. The molecule has 0 unspecified atom stereocenters. The van der Waals surface area contributed by atoms with Crippen molar-refractivity contribution >= 4 is 29.6 Å². The molecule has 3 aliphatic heterocycles. The van der Waals surface area contributed by atoms with Crippen molar-refractivity contribution in [1.82, 2.24) is 20.1 Å². The average molecular weight is 567 g/mol. The van der Waals surface area contributed by atoms with E-state index in [2.05, 4.69) is 20.4 Å². The number of carbonyl (C=O) groups is 4. The summed E-state index contributed by atoms with van der Waals surface area (Å²) >= 11 is 0. The van der Waals surface area contributed by atoms with Gasteiger partial charge in [-0.1, -0.05) is 20.8 Å². The molecule has 4 heterocycles. The fourth-order valence-corrected chi connectivity index (χ4v) is 5.24. The lowest BCUT2D eigenvalue weighted by atomic mass is 9.85. The van der Waals surface area contributed by atoms with Gasteiger partial charge in [-0.3, -0.25) is 14.4 Å². The predicted octanol–water partition coefficient (Wildman–Crippen LogP) is 1.83. The normalized spacial score (nSPS) is 26.9. The van der Waals surface area contributed by atoms with E-state index < -0.39 is 84.6 Å². The Labute approximate surface area is 227 Å². The number of fused-ring (bicyclic) bond motifs is 1. The van der Waals surface area contributed by atoms with Crippen molar-refractivity contribution in [1.29, 1.82) is 5.26 Å². The number of hydrogen-bond acceptors (Lipinski definition) is 8. The molecule has 0 radical (unpaired) electrons. The van der Waals surface area contributed by atoms with Crippen molar-refractivity contribution in [2.24, 2.45) is 11.3 Å². The number of nitriles is 1. The molecule has 4 rings (SSSR count). The number of alkyl carbamates (subject to hydrolysis) is 1.